The second kappa shape index (κ2) is 72.9. The Kier molecular flexibility index (Phi) is 71.5. The molecule has 0 spiro atoms. The van der Waals surface area contributed by atoms with Gasteiger partial charge in [-0.15, -0.1) is 0 Å². The largest absolute Gasteiger partial charge is 0.472 e. The van der Waals surface area contributed by atoms with Crippen LogP contribution in [0.15, 0.2) is 0 Å². The van der Waals surface area contributed by atoms with E-state index >= 15 is 0 Å². The number of hydrogen-bond donors (Lipinski definition) is 3. The molecule has 0 aliphatic heterocycles. The monoisotopic (exact) mass is 1510 g/mol. The zero-order valence-corrected chi connectivity index (χ0v) is 69.7. The molecule has 0 aromatic rings. The number of aliphatic hydroxyl groups is 1. The lowest BCUT2D eigenvalue weighted by molar-refractivity contribution is -0.161. The summed E-state index contributed by atoms with van der Waals surface area (Å²) in [6, 6.07) is 0. The number of esters is 4. The van der Waals surface area contributed by atoms with Gasteiger partial charge in [0.2, 0.25) is 0 Å². The number of phosphoric acid groups is 2. The van der Waals surface area contributed by atoms with Crippen molar-refractivity contribution in [2.45, 2.75) is 453 Å². The molecule has 0 radical (unpaired) electrons. The maximum Gasteiger partial charge on any atom is 0.472 e. The number of unbranched alkanes of at least 4 members (excludes halogenated alkanes) is 46. The minimum absolute atomic E-state index is 0.106. The summed E-state index contributed by atoms with van der Waals surface area (Å²) in [5.41, 5.74) is 0. The third-order valence-corrected chi connectivity index (χ3v) is 21.8. The van der Waals surface area contributed by atoms with Gasteiger partial charge in [0, 0.05) is 25.7 Å². The van der Waals surface area contributed by atoms with Crippen LogP contribution in [0.5, 0.6) is 0 Å². The molecule has 0 aliphatic carbocycles. The van der Waals surface area contributed by atoms with Crippen LogP contribution in [0.4, 0.5) is 0 Å². The normalized spacial score (nSPS) is 14.2. The highest BCUT2D eigenvalue weighted by Crippen LogP contribution is 2.45. The lowest BCUT2D eigenvalue weighted by Gasteiger charge is -2.21. The Bertz CT molecular complexity index is 2010. The van der Waals surface area contributed by atoms with Crippen molar-refractivity contribution in [3.63, 3.8) is 0 Å². The number of ether oxygens (including phenoxy) is 4. The fourth-order valence-electron chi connectivity index (χ4n) is 12.9. The molecule has 6 atom stereocenters. The summed E-state index contributed by atoms with van der Waals surface area (Å²) in [6.07, 6.45) is 61.1. The highest BCUT2D eigenvalue weighted by molar-refractivity contribution is 7.47. The third kappa shape index (κ3) is 76.6. The van der Waals surface area contributed by atoms with Gasteiger partial charge < -0.3 is 33.8 Å². The van der Waals surface area contributed by atoms with Crippen molar-refractivity contribution in [2.24, 2.45) is 23.7 Å². The minimum Gasteiger partial charge on any atom is -0.462 e. The van der Waals surface area contributed by atoms with Crippen LogP contribution >= 0.6 is 15.6 Å². The van der Waals surface area contributed by atoms with E-state index in [1.54, 1.807) is 0 Å². The molecule has 0 aliphatic rings. The van der Waals surface area contributed by atoms with E-state index in [0.29, 0.717) is 25.7 Å². The van der Waals surface area contributed by atoms with E-state index in [-0.39, 0.29) is 25.7 Å². The molecule has 0 amide bonds. The van der Waals surface area contributed by atoms with Gasteiger partial charge in [-0.25, -0.2) is 9.13 Å². The van der Waals surface area contributed by atoms with Crippen LogP contribution in [0.1, 0.15) is 434 Å². The van der Waals surface area contributed by atoms with E-state index < -0.39 is 97.5 Å². The number of rotatable bonds is 81. The van der Waals surface area contributed by atoms with Crippen molar-refractivity contribution in [2.75, 3.05) is 39.6 Å². The predicted molar refractivity (Wildman–Crippen MR) is 423 cm³/mol. The van der Waals surface area contributed by atoms with Crippen molar-refractivity contribution in [3.8, 4) is 0 Å². The van der Waals surface area contributed by atoms with E-state index in [9.17, 15) is 43.2 Å². The zero-order chi connectivity index (χ0) is 76.0. The molecule has 0 aromatic carbocycles. The van der Waals surface area contributed by atoms with E-state index in [4.69, 9.17) is 37.0 Å². The summed E-state index contributed by atoms with van der Waals surface area (Å²) in [5.74, 6) is 1.02. The van der Waals surface area contributed by atoms with Crippen molar-refractivity contribution in [3.05, 3.63) is 0 Å². The molecule has 0 fully saturated rings. The molecule has 0 heterocycles. The van der Waals surface area contributed by atoms with E-state index in [1.807, 2.05) is 0 Å². The molecule has 612 valence electrons. The number of aliphatic hydroxyl groups excluding tert-OH is 1. The highest BCUT2D eigenvalue weighted by Gasteiger charge is 2.30. The predicted octanol–water partition coefficient (Wildman–Crippen LogP) is 25.2. The third-order valence-electron chi connectivity index (χ3n) is 19.9. The van der Waals surface area contributed by atoms with Crippen molar-refractivity contribution in [1.29, 1.82) is 0 Å². The Morgan fingerprint density at radius 2 is 0.466 bits per heavy atom. The maximum atomic E-state index is 13.1. The molecular weight excluding hydrogens is 1340 g/mol. The molecule has 3 unspecified atom stereocenters. The smallest absolute Gasteiger partial charge is 0.462 e. The first-order valence-electron chi connectivity index (χ1n) is 43.2. The molecule has 103 heavy (non-hydrogen) atoms. The topological polar surface area (TPSA) is 237 Å². The first kappa shape index (κ1) is 101. The number of hydrogen-bond acceptors (Lipinski definition) is 15. The molecule has 19 heteroatoms. The minimum atomic E-state index is -4.97. The van der Waals surface area contributed by atoms with Gasteiger partial charge in [-0.2, -0.15) is 0 Å². The lowest BCUT2D eigenvalue weighted by Crippen LogP contribution is -2.30. The molecule has 0 aromatic heterocycles. The van der Waals surface area contributed by atoms with Crippen molar-refractivity contribution < 1.29 is 80.2 Å². The summed E-state index contributed by atoms with van der Waals surface area (Å²) in [4.78, 5) is 73.1. The molecule has 3 N–H and O–H groups in total. The Morgan fingerprint density at radius 1 is 0.272 bits per heavy atom. The Morgan fingerprint density at radius 3 is 0.689 bits per heavy atom. The summed E-state index contributed by atoms with van der Waals surface area (Å²) >= 11 is 0. The van der Waals surface area contributed by atoms with Gasteiger partial charge in [-0.1, -0.05) is 383 Å². The van der Waals surface area contributed by atoms with Crippen molar-refractivity contribution >= 4 is 39.5 Å². The highest BCUT2D eigenvalue weighted by atomic mass is 31.2. The van der Waals surface area contributed by atoms with Gasteiger partial charge in [-0.05, 0) is 49.4 Å². The standard InChI is InChI=1S/C84H164O17P2/c1-9-77(8)63-55-47-42-43-49-57-65-82(87)95-71-80(101-84(89)67-59-51-41-35-29-23-17-20-26-32-38-46-54-62-76(6)7)73-99-103(92,93)97-69-78(85)68-96-102(90,91)98-72-79(70-94-81(86)64-56-48-39-33-27-21-16-12-14-19-25-31-37-45-53-61-75(4)5)100-83(88)66-58-50-40-34-28-22-15-11-10-13-18-24-30-36-44-52-60-74(2)3/h74-80,85H,9-73H2,1-8H3,(H,90,91)(H,92,93)/t77?,78-,79-,80-/m1/s1. The molecule has 0 rings (SSSR count). The van der Waals surface area contributed by atoms with Crippen LogP contribution in [-0.4, -0.2) is 96.7 Å². The maximum absolute atomic E-state index is 13.1. The molecule has 0 saturated heterocycles. The van der Waals surface area contributed by atoms with E-state index in [1.165, 1.54) is 231 Å². The Labute approximate surface area is 632 Å². The first-order chi connectivity index (χ1) is 49.6. The van der Waals surface area contributed by atoms with Gasteiger partial charge in [0.15, 0.2) is 12.2 Å². The van der Waals surface area contributed by atoms with Crippen LogP contribution in [0.2, 0.25) is 0 Å². The molecule has 0 saturated carbocycles. The number of carbonyl (C=O) groups excluding carboxylic acids is 4. The van der Waals surface area contributed by atoms with Crippen LogP contribution in [0.25, 0.3) is 0 Å². The SMILES string of the molecule is CCC(C)CCCCCCCCC(=O)OC[C@H](COP(=O)(O)OC[C@H](O)COP(=O)(O)OC[C@@H](COC(=O)CCCCCCCCCCCCCCCCCC(C)C)OC(=O)CCCCCCCCCCCCCCCCCCC(C)C)OC(=O)CCCCCCCCCCCCCCCC(C)C. The molecule has 0 bridgehead atoms. The fourth-order valence-corrected chi connectivity index (χ4v) is 14.5. The number of carbonyl (C=O) groups is 4. The average molecular weight is 1510 g/mol. The van der Waals surface area contributed by atoms with Gasteiger partial charge >= 0.3 is 39.5 Å². The average Bonchev–Trinajstić information content (AvgIpc) is 0.910. The van der Waals surface area contributed by atoms with Crippen molar-refractivity contribution in [1.82, 2.24) is 0 Å². The van der Waals surface area contributed by atoms with Crippen LogP contribution < -0.4 is 0 Å². The van der Waals surface area contributed by atoms with Gasteiger partial charge in [0.25, 0.3) is 0 Å². The fraction of sp³-hybridized carbons (Fsp3) is 0.952. The van der Waals surface area contributed by atoms with E-state index in [2.05, 4.69) is 55.4 Å². The second-order valence-corrected chi connectivity index (χ2v) is 34.8. The zero-order valence-electron chi connectivity index (χ0n) is 68.0. The van der Waals surface area contributed by atoms with Crippen LogP contribution in [0.3, 0.4) is 0 Å². The van der Waals surface area contributed by atoms with Gasteiger partial charge in [-0.3, -0.25) is 37.3 Å². The summed E-state index contributed by atoms with van der Waals surface area (Å²) in [5, 5.41) is 10.7. The lowest BCUT2D eigenvalue weighted by atomic mass is 10.00. The van der Waals surface area contributed by atoms with Gasteiger partial charge in [0.05, 0.1) is 26.4 Å². The van der Waals surface area contributed by atoms with E-state index in [0.717, 1.165) is 120 Å². The Balaban J connectivity index is 5.25. The first-order valence-corrected chi connectivity index (χ1v) is 46.2. The molecular formula is C84H164O17P2. The quantitative estimate of drug-likeness (QED) is 0.0222. The second-order valence-electron chi connectivity index (χ2n) is 31.9. The van der Waals surface area contributed by atoms with Gasteiger partial charge in [0.1, 0.15) is 19.3 Å². The van der Waals surface area contributed by atoms with Crippen LogP contribution in [-0.2, 0) is 65.4 Å². The summed E-state index contributed by atoms with van der Waals surface area (Å²) < 4.78 is 68.8. The summed E-state index contributed by atoms with van der Waals surface area (Å²) in [7, 11) is -9.93. The number of phosphoric ester groups is 2. The summed E-state index contributed by atoms with van der Waals surface area (Å²) in [6.45, 7) is 14.3. The van der Waals surface area contributed by atoms with Crippen LogP contribution in [0, 0.1) is 23.7 Å². The molecule has 17 nitrogen and oxygen atoms in total. The Hall–Kier alpha value is -1.94.